The number of alkyl halides is 7. The number of nitrogens with one attached hydrogen (secondary N) is 1. The first-order valence-corrected chi connectivity index (χ1v) is 9.61. The molecule has 30 heavy (non-hydrogen) atoms. The minimum Gasteiger partial charge on any atom is -0.487 e. The van der Waals surface area contributed by atoms with E-state index in [-0.39, 0.29) is 23.5 Å². The van der Waals surface area contributed by atoms with Crippen LogP contribution < -0.4 is 10.2 Å². The van der Waals surface area contributed by atoms with E-state index < -0.39 is 24.0 Å². The second kappa shape index (κ2) is 9.24. The lowest BCUT2D eigenvalue weighted by molar-refractivity contribution is -0.361. The number of hydrogen-bond acceptors (Lipinski definition) is 3. The van der Waals surface area contributed by atoms with Gasteiger partial charge in [-0.05, 0) is 40.8 Å². The zero-order valence-electron chi connectivity index (χ0n) is 14.4. The molecule has 0 aliphatic rings. The quantitative estimate of drug-likeness (QED) is 0.127. The predicted octanol–water partition coefficient (Wildman–Crippen LogP) is 6.49. The molecule has 0 saturated heterocycles. The molecule has 2 rings (SSSR count). The summed E-state index contributed by atoms with van der Waals surface area (Å²) in [6, 6.07) is 2.80. The van der Waals surface area contributed by atoms with Gasteiger partial charge in [-0.2, -0.15) is 35.8 Å². The number of ether oxygens (including phenoxy) is 1. The molecule has 0 atom stereocenters. The molecular weight excluding hydrogens is 607 g/mol. The summed E-state index contributed by atoms with van der Waals surface area (Å²) in [5.74, 6) is -6.89. The van der Waals surface area contributed by atoms with Crippen molar-refractivity contribution >= 4 is 44.7 Å². The Bertz CT molecular complexity index is 936. The minimum absolute atomic E-state index is 0.0264. The molecule has 13 heteroatoms. The largest absolute Gasteiger partial charge is 0.487 e. The average molecular weight is 617 g/mol. The zero-order valence-corrected chi connectivity index (χ0v) is 18.1. The van der Waals surface area contributed by atoms with Crippen LogP contribution in [-0.4, -0.2) is 24.4 Å². The van der Waals surface area contributed by atoms with Crippen molar-refractivity contribution in [2.24, 2.45) is 5.10 Å². The minimum atomic E-state index is -6.49. The van der Waals surface area contributed by atoms with Crippen LogP contribution in [0, 0.1) is 9.39 Å². The number of hydrogen-bond donors (Lipinski definition) is 1. The van der Waals surface area contributed by atoms with E-state index in [0.717, 1.165) is 0 Å². The van der Waals surface area contributed by atoms with Gasteiger partial charge in [-0.15, -0.1) is 0 Å². The maximum absolute atomic E-state index is 13.7. The van der Waals surface area contributed by atoms with E-state index in [9.17, 15) is 35.1 Å². The normalized spacial score (nSPS) is 13.0. The fourth-order valence-corrected chi connectivity index (χ4v) is 3.73. The number of rotatable bonds is 7. The molecule has 0 aliphatic heterocycles. The number of hydrazone groups is 1. The first-order valence-electron chi connectivity index (χ1n) is 7.74. The van der Waals surface area contributed by atoms with Crippen molar-refractivity contribution < 1.29 is 39.9 Å². The summed E-state index contributed by atoms with van der Waals surface area (Å²) in [6.45, 7) is -0.263. The molecule has 0 fully saturated rings. The molecule has 0 spiro atoms. The van der Waals surface area contributed by atoms with Gasteiger partial charge in [0.25, 0.3) is 0 Å². The maximum Gasteiger partial charge on any atom is 0.462 e. The second-order valence-corrected chi connectivity index (χ2v) is 7.78. The van der Waals surface area contributed by atoms with E-state index in [1.165, 1.54) is 24.3 Å². The van der Waals surface area contributed by atoms with Crippen molar-refractivity contribution in [3.63, 3.8) is 0 Å². The Morgan fingerprint density at radius 2 is 1.70 bits per heavy atom. The zero-order chi connectivity index (χ0) is 22.7. The lowest BCUT2D eigenvalue weighted by atomic mass is 10.2. The van der Waals surface area contributed by atoms with Crippen LogP contribution in [-0.2, 0) is 6.61 Å². The highest BCUT2D eigenvalue weighted by Gasteiger charge is 2.73. The van der Waals surface area contributed by atoms with E-state index in [4.69, 9.17) is 4.74 Å². The third kappa shape index (κ3) is 5.53. The lowest BCUT2D eigenvalue weighted by Gasteiger charge is -2.27. The van der Waals surface area contributed by atoms with Gasteiger partial charge in [0, 0.05) is 15.6 Å². The predicted molar refractivity (Wildman–Crippen MR) is 104 cm³/mol. The summed E-state index contributed by atoms with van der Waals surface area (Å²) in [7, 11) is 0. The van der Waals surface area contributed by atoms with Crippen LogP contribution in [0.3, 0.4) is 0 Å². The SMILES string of the molecule is Fc1ccccc1COc1c(I)cc(Br)cc1/C=N\NC(F)(F)C(F)(F)C(F)(F)F. The van der Waals surface area contributed by atoms with E-state index in [2.05, 4.69) is 21.0 Å². The van der Waals surface area contributed by atoms with Crippen LogP contribution in [0.5, 0.6) is 5.75 Å². The Morgan fingerprint density at radius 3 is 2.30 bits per heavy atom. The van der Waals surface area contributed by atoms with Crippen molar-refractivity contribution in [3.8, 4) is 5.75 Å². The number of nitrogens with zero attached hydrogens (tertiary/aromatic N) is 1. The van der Waals surface area contributed by atoms with Crippen LogP contribution in [0.2, 0.25) is 0 Å². The molecule has 3 nitrogen and oxygen atoms in total. The molecule has 0 aliphatic carbocycles. The molecule has 2 aromatic rings. The Kier molecular flexibility index (Phi) is 7.59. The fourth-order valence-electron chi connectivity index (χ4n) is 2.02. The molecule has 0 saturated carbocycles. The van der Waals surface area contributed by atoms with Crippen molar-refractivity contribution in [2.75, 3.05) is 0 Å². The highest BCUT2D eigenvalue weighted by Crippen LogP contribution is 2.45. The molecule has 0 aromatic heterocycles. The highest BCUT2D eigenvalue weighted by atomic mass is 127. The van der Waals surface area contributed by atoms with Gasteiger partial charge in [0.15, 0.2) is 0 Å². The molecule has 0 bridgehead atoms. The Labute approximate surface area is 186 Å². The van der Waals surface area contributed by atoms with Gasteiger partial charge in [0.05, 0.1) is 9.78 Å². The van der Waals surface area contributed by atoms with Gasteiger partial charge in [0.2, 0.25) is 0 Å². The summed E-state index contributed by atoms with van der Waals surface area (Å²) in [5.41, 5.74) is 0.673. The third-order valence-corrected chi connectivity index (χ3v) is 4.79. The van der Waals surface area contributed by atoms with E-state index >= 15 is 0 Å². The van der Waals surface area contributed by atoms with Gasteiger partial charge >= 0.3 is 18.1 Å². The van der Waals surface area contributed by atoms with Crippen molar-refractivity contribution in [1.29, 1.82) is 0 Å². The highest BCUT2D eigenvalue weighted by molar-refractivity contribution is 14.1. The molecular formula is C17H10BrF8IN2O. The Hall–Kier alpha value is -1.64. The second-order valence-electron chi connectivity index (χ2n) is 5.70. The Morgan fingerprint density at radius 1 is 1.07 bits per heavy atom. The average Bonchev–Trinajstić information content (AvgIpc) is 2.61. The lowest BCUT2D eigenvalue weighted by Crippen LogP contribution is -2.58. The number of halogens is 10. The van der Waals surface area contributed by atoms with Gasteiger partial charge in [0.1, 0.15) is 18.2 Å². The first-order chi connectivity index (χ1) is 13.8. The summed E-state index contributed by atoms with van der Waals surface area (Å²) < 4.78 is 109. The van der Waals surface area contributed by atoms with Crippen molar-refractivity contribution in [2.45, 2.75) is 24.8 Å². The van der Waals surface area contributed by atoms with Crippen LogP contribution in [0.25, 0.3) is 0 Å². The molecule has 2 aromatic carbocycles. The maximum atomic E-state index is 13.7. The number of benzene rings is 2. The monoisotopic (exact) mass is 616 g/mol. The molecule has 0 radical (unpaired) electrons. The van der Waals surface area contributed by atoms with Crippen molar-refractivity contribution in [3.05, 3.63) is 61.4 Å². The molecule has 1 N–H and O–H groups in total. The van der Waals surface area contributed by atoms with Crippen LogP contribution >= 0.6 is 38.5 Å². The molecule has 0 amide bonds. The molecule has 0 heterocycles. The van der Waals surface area contributed by atoms with E-state index in [1.807, 2.05) is 0 Å². The summed E-state index contributed by atoms with van der Waals surface area (Å²) in [5, 5.41) is 2.83. The van der Waals surface area contributed by atoms with Crippen LogP contribution in [0.4, 0.5) is 35.1 Å². The van der Waals surface area contributed by atoms with Crippen molar-refractivity contribution in [1.82, 2.24) is 5.43 Å². The third-order valence-electron chi connectivity index (χ3n) is 3.53. The van der Waals surface area contributed by atoms with Gasteiger partial charge in [-0.1, -0.05) is 34.1 Å². The fraction of sp³-hybridized carbons (Fsp3) is 0.235. The summed E-state index contributed by atoms with van der Waals surface area (Å²) >= 11 is 4.93. The van der Waals surface area contributed by atoms with E-state index in [0.29, 0.717) is 19.7 Å². The Balaban J connectivity index is 2.26. The topological polar surface area (TPSA) is 33.6 Å². The standard InChI is InChI=1S/C17H10BrF8IN2O/c18-11-5-10(7-28-29-17(25,26)15(20,21)16(22,23)24)14(13(27)6-11)30-8-9-3-1-2-4-12(9)19/h1-7,29H,8H2/b28-7-. The van der Waals surface area contributed by atoms with Gasteiger partial charge in [-0.3, -0.25) is 0 Å². The van der Waals surface area contributed by atoms with Gasteiger partial charge in [-0.25, -0.2) is 9.82 Å². The smallest absolute Gasteiger partial charge is 0.462 e. The van der Waals surface area contributed by atoms with Crippen LogP contribution in [0.15, 0.2) is 46.0 Å². The molecule has 164 valence electrons. The molecule has 0 unspecified atom stereocenters. The summed E-state index contributed by atoms with van der Waals surface area (Å²) in [6.07, 6.45) is -5.90. The summed E-state index contributed by atoms with van der Waals surface area (Å²) in [4.78, 5) is 0. The van der Waals surface area contributed by atoms with Crippen LogP contribution in [0.1, 0.15) is 11.1 Å². The first kappa shape index (κ1) is 24.6. The van der Waals surface area contributed by atoms with E-state index in [1.54, 1.807) is 34.7 Å². The van der Waals surface area contributed by atoms with Gasteiger partial charge < -0.3 is 4.74 Å².